The van der Waals surface area contributed by atoms with E-state index >= 15 is 0 Å². The van der Waals surface area contributed by atoms with Crippen molar-refractivity contribution in [1.29, 1.82) is 0 Å². The van der Waals surface area contributed by atoms with E-state index in [1.165, 1.54) is 18.9 Å². The third-order valence-corrected chi connectivity index (χ3v) is 3.83. The minimum atomic E-state index is -0.406. The van der Waals surface area contributed by atoms with E-state index in [2.05, 4.69) is 0 Å². The molecule has 0 unspecified atom stereocenters. The molecule has 104 valence electrons. The third-order valence-electron chi connectivity index (χ3n) is 3.83. The molecule has 0 atom stereocenters. The summed E-state index contributed by atoms with van der Waals surface area (Å²) in [4.78, 5) is 25.1. The number of halogens is 1. The molecule has 0 saturated heterocycles. The molecule has 1 saturated carbocycles. The molecule has 1 aliphatic heterocycles. The van der Waals surface area contributed by atoms with Gasteiger partial charge in [0.1, 0.15) is 5.83 Å². The van der Waals surface area contributed by atoms with Crippen molar-refractivity contribution in [3.05, 3.63) is 47.3 Å². The standard InChI is InChI=1S/C16H16FNO2/c17-12(5-3-4-11-8-9-11)10-18-15(19)13-6-1-2-7-14(13)16(18)20/h1-2,5-7,11H,3-4,8-10H2/b12-5+. The van der Waals surface area contributed by atoms with Crippen LogP contribution in [0.5, 0.6) is 0 Å². The number of amides is 2. The first-order valence-corrected chi connectivity index (χ1v) is 6.96. The number of benzene rings is 1. The number of imide groups is 1. The fourth-order valence-electron chi connectivity index (χ4n) is 2.48. The minimum Gasteiger partial charge on any atom is -0.269 e. The largest absolute Gasteiger partial charge is 0.269 e. The molecule has 2 amide bonds. The quantitative estimate of drug-likeness (QED) is 0.772. The molecule has 1 aliphatic carbocycles. The Kier molecular flexibility index (Phi) is 3.38. The van der Waals surface area contributed by atoms with Crippen molar-refractivity contribution in [2.24, 2.45) is 5.92 Å². The van der Waals surface area contributed by atoms with Crippen molar-refractivity contribution in [1.82, 2.24) is 4.90 Å². The number of hydrogen-bond acceptors (Lipinski definition) is 2. The van der Waals surface area contributed by atoms with Gasteiger partial charge in [-0.25, -0.2) is 4.39 Å². The predicted octanol–water partition coefficient (Wildman–Crippen LogP) is 3.33. The lowest BCUT2D eigenvalue weighted by Gasteiger charge is -2.12. The Labute approximate surface area is 117 Å². The van der Waals surface area contributed by atoms with Gasteiger partial charge in [0.25, 0.3) is 11.8 Å². The highest BCUT2D eigenvalue weighted by atomic mass is 19.1. The molecule has 3 rings (SSSR count). The molecule has 1 heterocycles. The van der Waals surface area contributed by atoms with Gasteiger partial charge in [-0.05, 0) is 30.9 Å². The second kappa shape index (κ2) is 5.19. The SMILES string of the molecule is O=C1c2ccccc2C(=O)N1C/C(F)=C\CCC1CC1. The second-order valence-corrected chi connectivity index (χ2v) is 5.41. The van der Waals surface area contributed by atoms with Crippen LogP contribution in [0.3, 0.4) is 0 Å². The van der Waals surface area contributed by atoms with Crippen LogP contribution >= 0.6 is 0 Å². The lowest BCUT2D eigenvalue weighted by molar-refractivity contribution is 0.0660. The van der Waals surface area contributed by atoms with Crippen molar-refractivity contribution < 1.29 is 14.0 Å². The van der Waals surface area contributed by atoms with Gasteiger partial charge < -0.3 is 0 Å². The molecule has 1 aromatic carbocycles. The molecule has 0 bridgehead atoms. The van der Waals surface area contributed by atoms with Crippen molar-refractivity contribution in [2.45, 2.75) is 25.7 Å². The normalized spacial score (nSPS) is 18.6. The summed E-state index contributed by atoms with van der Waals surface area (Å²) in [6, 6.07) is 6.61. The maximum Gasteiger partial charge on any atom is 0.261 e. The molecule has 0 radical (unpaired) electrons. The molecule has 2 aliphatic rings. The minimum absolute atomic E-state index is 0.253. The fraction of sp³-hybridized carbons (Fsp3) is 0.375. The summed E-state index contributed by atoms with van der Waals surface area (Å²) in [5.74, 6) is -0.466. The Hall–Kier alpha value is -1.97. The lowest BCUT2D eigenvalue weighted by Crippen LogP contribution is -2.31. The summed E-state index contributed by atoms with van der Waals surface area (Å²) < 4.78 is 13.8. The van der Waals surface area contributed by atoms with Gasteiger partial charge in [0.2, 0.25) is 0 Å². The van der Waals surface area contributed by atoms with Gasteiger partial charge >= 0.3 is 0 Å². The van der Waals surface area contributed by atoms with E-state index in [4.69, 9.17) is 0 Å². The number of carbonyl (C=O) groups excluding carboxylic acids is 2. The van der Waals surface area contributed by atoms with E-state index < -0.39 is 17.6 Å². The van der Waals surface area contributed by atoms with E-state index in [-0.39, 0.29) is 6.54 Å². The predicted molar refractivity (Wildman–Crippen MR) is 73.0 cm³/mol. The van der Waals surface area contributed by atoms with E-state index in [0.717, 1.165) is 17.2 Å². The van der Waals surface area contributed by atoms with Crippen LogP contribution in [0.2, 0.25) is 0 Å². The molecule has 20 heavy (non-hydrogen) atoms. The number of nitrogens with zero attached hydrogens (tertiary/aromatic N) is 1. The van der Waals surface area contributed by atoms with Crippen molar-refractivity contribution in [3.63, 3.8) is 0 Å². The number of allylic oxidation sites excluding steroid dienone is 1. The summed E-state index contributed by atoms with van der Waals surface area (Å²) in [6.07, 6.45) is 5.67. The average Bonchev–Trinajstić information content (AvgIpc) is 3.24. The Morgan fingerprint density at radius 2 is 1.80 bits per heavy atom. The molecule has 4 heteroatoms. The van der Waals surface area contributed by atoms with Crippen LogP contribution in [0.25, 0.3) is 0 Å². The zero-order chi connectivity index (χ0) is 14.1. The highest BCUT2D eigenvalue weighted by molar-refractivity contribution is 6.21. The highest BCUT2D eigenvalue weighted by Crippen LogP contribution is 2.33. The van der Waals surface area contributed by atoms with Gasteiger partial charge in [0.05, 0.1) is 17.7 Å². The summed E-state index contributed by atoms with van der Waals surface area (Å²) >= 11 is 0. The maximum atomic E-state index is 13.8. The van der Waals surface area contributed by atoms with Gasteiger partial charge in [0.15, 0.2) is 0 Å². The van der Waals surface area contributed by atoms with Crippen LogP contribution < -0.4 is 0 Å². The van der Waals surface area contributed by atoms with Crippen molar-refractivity contribution in [2.75, 3.05) is 6.54 Å². The van der Waals surface area contributed by atoms with Crippen molar-refractivity contribution in [3.8, 4) is 0 Å². The number of fused-ring (bicyclic) bond motifs is 1. The van der Waals surface area contributed by atoms with Gasteiger partial charge in [-0.2, -0.15) is 0 Å². The highest BCUT2D eigenvalue weighted by Gasteiger charge is 2.35. The summed E-state index contributed by atoms with van der Waals surface area (Å²) in [5.41, 5.74) is 0.728. The monoisotopic (exact) mass is 273 g/mol. The van der Waals surface area contributed by atoms with Crippen LogP contribution in [0.4, 0.5) is 4.39 Å². The molecule has 0 N–H and O–H groups in total. The smallest absolute Gasteiger partial charge is 0.261 e. The Morgan fingerprint density at radius 3 is 2.35 bits per heavy atom. The van der Waals surface area contributed by atoms with Crippen LogP contribution in [-0.4, -0.2) is 23.3 Å². The van der Waals surface area contributed by atoms with Crippen LogP contribution in [0.15, 0.2) is 36.2 Å². The van der Waals surface area contributed by atoms with Crippen molar-refractivity contribution >= 4 is 11.8 Å². The number of carbonyl (C=O) groups is 2. The molecule has 1 aromatic rings. The molecule has 3 nitrogen and oxygen atoms in total. The molecular weight excluding hydrogens is 257 g/mol. The molecule has 0 aromatic heterocycles. The first-order chi connectivity index (χ1) is 9.66. The zero-order valence-corrected chi connectivity index (χ0v) is 11.1. The summed E-state index contributed by atoms with van der Waals surface area (Å²) in [6.45, 7) is -0.253. The number of rotatable bonds is 5. The lowest BCUT2D eigenvalue weighted by atomic mass is 10.1. The zero-order valence-electron chi connectivity index (χ0n) is 11.1. The average molecular weight is 273 g/mol. The Bertz CT molecular complexity index is 555. The third kappa shape index (κ3) is 2.50. The molecule has 1 fully saturated rings. The van der Waals surface area contributed by atoms with Crippen LogP contribution in [0.1, 0.15) is 46.4 Å². The van der Waals surface area contributed by atoms with E-state index in [9.17, 15) is 14.0 Å². The van der Waals surface area contributed by atoms with E-state index in [1.807, 2.05) is 0 Å². The van der Waals surface area contributed by atoms with Crippen LogP contribution in [0, 0.1) is 5.92 Å². The van der Waals surface area contributed by atoms with E-state index in [1.54, 1.807) is 24.3 Å². The Morgan fingerprint density at radius 1 is 1.20 bits per heavy atom. The first-order valence-electron chi connectivity index (χ1n) is 6.96. The maximum absolute atomic E-state index is 13.8. The Balaban J connectivity index is 1.66. The summed E-state index contributed by atoms with van der Waals surface area (Å²) in [7, 11) is 0. The topological polar surface area (TPSA) is 37.4 Å². The van der Waals surface area contributed by atoms with Crippen LogP contribution in [-0.2, 0) is 0 Å². The van der Waals surface area contributed by atoms with E-state index in [0.29, 0.717) is 17.5 Å². The number of hydrogen-bond donors (Lipinski definition) is 0. The fourth-order valence-corrected chi connectivity index (χ4v) is 2.48. The second-order valence-electron chi connectivity index (χ2n) is 5.41. The molecule has 0 spiro atoms. The van der Waals surface area contributed by atoms with Gasteiger partial charge in [0, 0.05) is 0 Å². The van der Waals surface area contributed by atoms with Gasteiger partial charge in [-0.1, -0.05) is 31.1 Å². The molecular formula is C16H16FNO2. The first kappa shape index (κ1) is 13.0. The van der Waals surface area contributed by atoms with Gasteiger partial charge in [-0.3, -0.25) is 14.5 Å². The van der Waals surface area contributed by atoms with Gasteiger partial charge in [-0.15, -0.1) is 0 Å². The summed E-state index contributed by atoms with van der Waals surface area (Å²) in [5, 5.41) is 0.